The average molecular weight is 299 g/mol. The zero-order valence-corrected chi connectivity index (χ0v) is 13.9. The molecule has 2 heterocycles. The molecule has 0 spiro atoms. The topological polar surface area (TPSA) is 55.2 Å². The van der Waals surface area contributed by atoms with Gasteiger partial charge in [0, 0.05) is 19.6 Å². The van der Waals surface area contributed by atoms with Crippen molar-refractivity contribution in [2.75, 3.05) is 13.1 Å². The Morgan fingerprint density at radius 1 is 1.20 bits per heavy atom. The molecule has 6 heteroatoms. The van der Waals surface area contributed by atoms with Crippen LogP contribution in [0.15, 0.2) is 4.90 Å². The van der Waals surface area contributed by atoms with Crippen molar-refractivity contribution in [1.82, 2.24) is 14.1 Å². The van der Waals surface area contributed by atoms with E-state index in [1.165, 1.54) is 0 Å². The first kappa shape index (κ1) is 15.5. The zero-order valence-electron chi connectivity index (χ0n) is 13.0. The van der Waals surface area contributed by atoms with Crippen LogP contribution in [0.25, 0.3) is 0 Å². The van der Waals surface area contributed by atoms with Crippen molar-refractivity contribution in [2.24, 2.45) is 11.8 Å². The lowest BCUT2D eigenvalue weighted by Gasteiger charge is -2.34. The van der Waals surface area contributed by atoms with Crippen molar-refractivity contribution < 1.29 is 8.42 Å². The fraction of sp³-hybridized carbons (Fsp3) is 0.786. The van der Waals surface area contributed by atoms with Crippen LogP contribution in [0.5, 0.6) is 0 Å². The maximum absolute atomic E-state index is 12.9. The molecule has 0 radical (unpaired) electrons. The highest BCUT2D eigenvalue weighted by Gasteiger charge is 2.35. The second-order valence-electron chi connectivity index (χ2n) is 6.08. The molecule has 1 fully saturated rings. The summed E-state index contributed by atoms with van der Waals surface area (Å²) in [6.07, 6.45) is 1.10. The molecule has 2 atom stereocenters. The van der Waals surface area contributed by atoms with Gasteiger partial charge in [0.15, 0.2) is 0 Å². The van der Waals surface area contributed by atoms with Crippen molar-refractivity contribution in [2.45, 2.75) is 52.5 Å². The maximum Gasteiger partial charge on any atom is 0.246 e. The van der Waals surface area contributed by atoms with Crippen LogP contribution in [0.3, 0.4) is 0 Å². The van der Waals surface area contributed by atoms with Crippen LogP contribution >= 0.6 is 0 Å². The summed E-state index contributed by atoms with van der Waals surface area (Å²) in [7, 11) is -3.43. The van der Waals surface area contributed by atoms with Crippen molar-refractivity contribution in [3.63, 3.8) is 0 Å². The van der Waals surface area contributed by atoms with Gasteiger partial charge in [-0.1, -0.05) is 13.8 Å². The number of hydrogen-bond acceptors (Lipinski definition) is 3. The summed E-state index contributed by atoms with van der Waals surface area (Å²) in [5, 5.41) is 4.34. The molecule has 0 bridgehead atoms. The minimum Gasteiger partial charge on any atom is -0.268 e. The Hall–Kier alpha value is -0.880. The molecular formula is C14H25N3O2S. The van der Waals surface area contributed by atoms with Gasteiger partial charge >= 0.3 is 0 Å². The molecule has 2 rings (SSSR count). The SMILES string of the molecule is CCn1nc(C)c(S(=O)(=O)N2C[C@H](C)C[C@H](C)C2)c1C. The number of piperidine rings is 1. The molecule has 1 aliphatic rings. The molecule has 1 aromatic heterocycles. The Labute approximate surface area is 122 Å². The van der Waals surface area contributed by atoms with Gasteiger partial charge in [-0.3, -0.25) is 4.68 Å². The van der Waals surface area contributed by atoms with E-state index in [-0.39, 0.29) is 0 Å². The lowest BCUT2D eigenvalue weighted by Crippen LogP contribution is -2.42. The Morgan fingerprint density at radius 2 is 1.75 bits per heavy atom. The van der Waals surface area contributed by atoms with E-state index in [0.29, 0.717) is 42.1 Å². The third-order valence-corrected chi connectivity index (χ3v) is 6.13. The van der Waals surface area contributed by atoms with Crippen LogP contribution in [0, 0.1) is 25.7 Å². The van der Waals surface area contributed by atoms with Gasteiger partial charge in [-0.05, 0) is 39.0 Å². The Morgan fingerprint density at radius 3 is 2.20 bits per heavy atom. The Kier molecular flexibility index (Phi) is 4.25. The summed E-state index contributed by atoms with van der Waals surface area (Å²) in [6, 6.07) is 0. The molecule has 114 valence electrons. The third kappa shape index (κ3) is 2.63. The number of aryl methyl sites for hydroxylation is 2. The van der Waals surface area contributed by atoms with Crippen molar-refractivity contribution >= 4 is 10.0 Å². The van der Waals surface area contributed by atoms with Gasteiger partial charge in [0.05, 0.1) is 11.4 Å². The highest BCUT2D eigenvalue weighted by Crippen LogP contribution is 2.29. The predicted molar refractivity (Wildman–Crippen MR) is 79.1 cm³/mol. The van der Waals surface area contributed by atoms with Gasteiger partial charge in [-0.15, -0.1) is 0 Å². The first-order valence-corrected chi connectivity index (χ1v) is 8.75. The van der Waals surface area contributed by atoms with Crippen LogP contribution < -0.4 is 0 Å². The number of aromatic nitrogens is 2. The molecule has 1 aromatic rings. The average Bonchev–Trinajstić information content (AvgIpc) is 2.63. The highest BCUT2D eigenvalue weighted by atomic mass is 32.2. The number of hydrogen-bond donors (Lipinski definition) is 0. The third-order valence-electron chi connectivity index (χ3n) is 4.05. The van der Waals surface area contributed by atoms with Crippen LogP contribution in [0.1, 0.15) is 38.6 Å². The van der Waals surface area contributed by atoms with E-state index in [1.807, 2.05) is 13.8 Å². The predicted octanol–water partition coefficient (Wildman–Crippen LogP) is 2.19. The maximum atomic E-state index is 12.9. The second kappa shape index (κ2) is 5.48. The summed E-state index contributed by atoms with van der Waals surface area (Å²) >= 11 is 0. The summed E-state index contributed by atoms with van der Waals surface area (Å²) in [6.45, 7) is 11.7. The van der Waals surface area contributed by atoms with E-state index < -0.39 is 10.0 Å². The smallest absolute Gasteiger partial charge is 0.246 e. The lowest BCUT2D eigenvalue weighted by molar-refractivity contribution is 0.222. The molecular weight excluding hydrogens is 274 g/mol. The molecule has 0 saturated carbocycles. The van der Waals surface area contributed by atoms with Crippen LogP contribution in [0.2, 0.25) is 0 Å². The Bertz CT molecular complexity index is 582. The van der Waals surface area contributed by atoms with Crippen LogP contribution in [0.4, 0.5) is 0 Å². The fourth-order valence-electron chi connectivity index (χ4n) is 3.29. The largest absolute Gasteiger partial charge is 0.268 e. The summed E-state index contributed by atoms with van der Waals surface area (Å²) in [4.78, 5) is 0.403. The summed E-state index contributed by atoms with van der Waals surface area (Å²) in [5.41, 5.74) is 1.35. The van der Waals surface area contributed by atoms with Gasteiger partial charge < -0.3 is 0 Å². The molecule has 0 aliphatic carbocycles. The molecule has 0 N–H and O–H groups in total. The molecule has 0 unspecified atom stereocenters. The lowest BCUT2D eigenvalue weighted by atomic mass is 9.94. The minimum absolute atomic E-state index is 0.403. The number of sulfonamides is 1. The molecule has 1 aliphatic heterocycles. The van der Waals surface area contributed by atoms with Crippen molar-refractivity contribution in [1.29, 1.82) is 0 Å². The summed E-state index contributed by atoms with van der Waals surface area (Å²) in [5.74, 6) is 0.825. The van der Waals surface area contributed by atoms with E-state index in [4.69, 9.17) is 0 Å². The molecule has 0 aromatic carbocycles. The van der Waals surface area contributed by atoms with Gasteiger partial charge in [-0.2, -0.15) is 9.40 Å². The fourth-order valence-corrected chi connectivity index (χ4v) is 5.35. The van der Waals surface area contributed by atoms with Crippen LogP contribution in [-0.2, 0) is 16.6 Å². The Balaban J connectivity index is 2.42. The molecule has 0 amide bonds. The first-order valence-electron chi connectivity index (χ1n) is 7.31. The molecule has 5 nitrogen and oxygen atoms in total. The molecule has 1 saturated heterocycles. The van der Waals surface area contributed by atoms with E-state index in [1.54, 1.807) is 15.9 Å². The first-order chi connectivity index (χ1) is 9.27. The van der Waals surface area contributed by atoms with E-state index in [9.17, 15) is 8.42 Å². The number of rotatable bonds is 3. The van der Waals surface area contributed by atoms with E-state index in [2.05, 4.69) is 18.9 Å². The van der Waals surface area contributed by atoms with Gasteiger partial charge in [0.25, 0.3) is 0 Å². The highest BCUT2D eigenvalue weighted by molar-refractivity contribution is 7.89. The van der Waals surface area contributed by atoms with E-state index >= 15 is 0 Å². The molecule has 20 heavy (non-hydrogen) atoms. The standard InChI is InChI=1S/C14H25N3O2S/c1-6-17-13(5)14(12(4)15-17)20(18,19)16-8-10(2)7-11(3)9-16/h10-11H,6-9H2,1-5H3/t10-,11+. The zero-order chi connectivity index (χ0) is 15.1. The van der Waals surface area contributed by atoms with Crippen LogP contribution in [-0.4, -0.2) is 35.6 Å². The van der Waals surface area contributed by atoms with E-state index in [0.717, 1.165) is 12.1 Å². The van der Waals surface area contributed by atoms with Gasteiger partial charge in [0.1, 0.15) is 4.90 Å². The number of nitrogens with zero attached hydrogens (tertiary/aromatic N) is 3. The summed E-state index contributed by atoms with van der Waals surface area (Å²) < 4.78 is 29.2. The van der Waals surface area contributed by atoms with Gasteiger partial charge in [0.2, 0.25) is 10.0 Å². The quantitative estimate of drug-likeness (QED) is 0.859. The monoisotopic (exact) mass is 299 g/mol. The van der Waals surface area contributed by atoms with Crippen molar-refractivity contribution in [3.8, 4) is 0 Å². The van der Waals surface area contributed by atoms with Gasteiger partial charge in [-0.25, -0.2) is 8.42 Å². The minimum atomic E-state index is -3.43. The second-order valence-corrected chi connectivity index (χ2v) is 7.96. The normalized spacial score (nSPS) is 25.1. The van der Waals surface area contributed by atoms with Crippen molar-refractivity contribution in [3.05, 3.63) is 11.4 Å².